The first-order valence-electron chi connectivity index (χ1n) is 7.97. The van der Waals surface area contributed by atoms with Crippen LogP contribution in [0, 0.1) is 5.92 Å². The Balaban J connectivity index is 1.46. The molecule has 1 atom stereocenters. The molecule has 1 amide bonds. The van der Waals surface area contributed by atoms with Crippen molar-refractivity contribution in [1.29, 1.82) is 0 Å². The third-order valence-electron chi connectivity index (χ3n) is 4.12. The van der Waals surface area contributed by atoms with E-state index in [1.807, 2.05) is 30.3 Å². The Labute approximate surface area is 139 Å². The Morgan fingerprint density at radius 3 is 2.75 bits per heavy atom. The standard InChI is InChI=1S/C16H19N5O3/c22-14(20-10-8-13(11-20)16(23)24)7-4-9-21-18-15(17-19-21)12-5-2-1-3-6-12/h1-3,5-6,13H,4,7-11H2,(H,23,24)/t13-/m0/s1. The summed E-state index contributed by atoms with van der Waals surface area (Å²) in [5, 5.41) is 21.3. The molecular weight excluding hydrogens is 310 g/mol. The summed E-state index contributed by atoms with van der Waals surface area (Å²) in [7, 11) is 0. The van der Waals surface area contributed by atoms with Crippen molar-refractivity contribution in [2.45, 2.75) is 25.8 Å². The molecule has 2 aromatic rings. The number of amides is 1. The van der Waals surface area contributed by atoms with Crippen LogP contribution in [0.2, 0.25) is 0 Å². The number of hydrogen-bond acceptors (Lipinski definition) is 5. The average Bonchev–Trinajstić information content (AvgIpc) is 3.25. The minimum Gasteiger partial charge on any atom is -0.481 e. The Morgan fingerprint density at radius 2 is 2.04 bits per heavy atom. The minimum absolute atomic E-state index is 0.0119. The average molecular weight is 329 g/mol. The van der Waals surface area contributed by atoms with Crippen LogP contribution in [0.5, 0.6) is 0 Å². The van der Waals surface area contributed by atoms with Crippen molar-refractivity contribution in [1.82, 2.24) is 25.1 Å². The normalized spacial score (nSPS) is 17.2. The summed E-state index contributed by atoms with van der Waals surface area (Å²) < 4.78 is 0. The molecule has 126 valence electrons. The van der Waals surface area contributed by atoms with Gasteiger partial charge in [-0.25, -0.2) is 0 Å². The quantitative estimate of drug-likeness (QED) is 0.850. The Kier molecular flexibility index (Phi) is 4.83. The number of aryl methyl sites for hydroxylation is 1. The molecule has 3 rings (SSSR count). The van der Waals surface area contributed by atoms with Gasteiger partial charge in [0, 0.05) is 25.1 Å². The number of rotatable bonds is 6. The fourth-order valence-electron chi connectivity index (χ4n) is 2.76. The maximum absolute atomic E-state index is 12.1. The van der Waals surface area contributed by atoms with Gasteiger partial charge in [0.1, 0.15) is 0 Å². The van der Waals surface area contributed by atoms with Gasteiger partial charge in [0.25, 0.3) is 0 Å². The highest BCUT2D eigenvalue weighted by Gasteiger charge is 2.30. The summed E-state index contributed by atoms with van der Waals surface area (Å²) in [6.45, 7) is 1.34. The van der Waals surface area contributed by atoms with Crippen LogP contribution >= 0.6 is 0 Å². The van der Waals surface area contributed by atoms with Crippen molar-refractivity contribution in [3.63, 3.8) is 0 Å². The Morgan fingerprint density at radius 1 is 1.25 bits per heavy atom. The SMILES string of the molecule is O=C(O)[C@H]1CCN(C(=O)CCCn2nnc(-c3ccccc3)n2)C1. The summed E-state index contributed by atoms with van der Waals surface area (Å²) in [5.41, 5.74) is 0.900. The van der Waals surface area contributed by atoms with Gasteiger partial charge >= 0.3 is 5.97 Å². The monoisotopic (exact) mass is 329 g/mol. The number of benzene rings is 1. The summed E-state index contributed by atoms with van der Waals surface area (Å²) in [5.74, 6) is -0.710. The molecule has 1 aliphatic rings. The number of nitrogens with zero attached hydrogens (tertiary/aromatic N) is 5. The first kappa shape index (κ1) is 16.1. The van der Waals surface area contributed by atoms with Gasteiger partial charge in [0.15, 0.2) is 0 Å². The Bertz CT molecular complexity index is 716. The number of aliphatic carboxylic acids is 1. The van der Waals surface area contributed by atoms with Crippen molar-refractivity contribution in [2.75, 3.05) is 13.1 Å². The lowest BCUT2D eigenvalue weighted by molar-refractivity contribution is -0.141. The first-order valence-corrected chi connectivity index (χ1v) is 7.97. The van der Waals surface area contributed by atoms with Crippen LogP contribution in [0.15, 0.2) is 30.3 Å². The molecule has 0 spiro atoms. The third kappa shape index (κ3) is 3.76. The van der Waals surface area contributed by atoms with Crippen LogP contribution in [0.3, 0.4) is 0 Å². The van der Waals surface area contributed by atoms with Gasteiger partial charge in [-0.2, -0.15) is 4.80 Å². The highest BCUT2D eigenvalue weighted by molar-refractivity contribution is 5.78. The lowest BCUT2D eigenvalue weighted by Gasteiger charge is -2.15. The molecule has 1 aromatic heterocycles. The van der Waals surface area contributed by atoms with E-state index in [9.17, 15) is 9.59 Å². The smallest absolute Gasteiger partial charge is 0.308 e. The molecule has 1 fully saturated rings. The maximum Gasteiger partial charge on any atom is 0.308 e. The topological polar surface area (TPSA) is 101 Å². The van der Waals surface area contributed by atoms with Crippen LogP contribution in [0.1, 0.15) is 19.3 Å². The van der Waals surface area contributed by atoms with E-state index in [0.717, 1.165) is 5.56 Å². The van der Waals surface area contributed by atoms with E-state index >= 15 is 0 Å². The Hall–Kier alpha value is -2.77. The van der Waals surface area contributed by atoms with E-state index in [-0.39, 0.29) is 5.91 Å². The summed E-state index contributed by atoms with van der Waals surface area (Å²) >= 11 is 0. The van der Waals surface area contributed by atoms with Gasteiger partial charge < -0.3 is 10.0 Å². The number of carbonyl (C=O) groups is 2. The molecule has 0 bridgehead atoms. The van der Waals surface area contributed by atoms with Gasteiger partial charge in [-0.05, 0) is 18.1 Å². The number of carbonyl (C=O) groups excluding carboxylic acids is 1. The van der Waals surface area contributed by atoms with E-state index < -0.39 is 11.9 Å². The van der Waals surface area contributed by atoms with Gasteiger partial charge in [0.2, 0.25) is 11.7 Å². The summed E-state index contributed by atoms with van der Waals surface area (Å²) in [6.07, 6.45) is 1.48. The van der Waals surface area contributed by atoms with E-state index in [4.69, 9.17) is 5.11 Å². The number of likely N-dealkylation sites (tertiary alicyclic amines) is 1. The minimum atomic E-state index is -0.828. The van der Waals surface area contributed by atoms with Crippen molar-refractivity contribution in [2.24, 2.45) is 5.92 Å². The van der Waals surface area contributed by atoms with Crippen LogP contribution in [0.4, 0.5) is 0 Å². The van der Waals surface area contributed by atoms with Crippen molar-refractivity contribution in [3.8, 4) is 11.4 Å². The summed E-state index contributed by atoms with van der Waals surface area (Å²) in [6, 6.07) is 9.57. The molecule has 1 aliphatic heterocycles. The fourth-order valence-corrected chi connectivity index (χ4v) is 2.76. The van der Waals surface area contributed by atoms with Gasteiger partial charge in [-0.1, -0.05) is 30.3 Å². The van der Waals surface area contributed by atoms with Gasteiger partial charge in [-0.3, -0.25) is 9.59 Å². The molecule has 2 heterocycles. The lowest BCUT2D eigenvalue weighted by Crippen LogP contribution is -2.29. The highest BCUT2D eigenvalue weighted by Crippen LogP contribution is 2.17. The van der Waals surface area contributed by atoms with Crippen LogP contribution in [0.25, 0.3) is 11.4 Å². The second-order valence-electron chi connectivity index (χ2n) is 5.84. The molecule has 1 aromatic carbocycles. The molecule has 0 unspecified atom stereocenters. The van der Waals surface area contributed by atoms with E-state index in [1.54, 1.807) is 4.90 Å². The highest BCUT2D eigenvalue weighted by atomic mass is 16.4. The van der Waals surface area contributed by atoms with Crippen LogP contribution < -0.4 is 0 Å². The third-order valence-corrected chi connectivity index (χ3v) is 4.12. The lowest BCUT2D eigenvalue weighted by atomic mass is 10.1. The predicted octanol–water partition coefficient (Wildman–Crippen LogP) is 1.05. The summed E-state index contributed by atoms with van der Waals surface area (Å²) in [4.78, 5) is 26.1. The molecule has 8 heteroatoms. The van der Waals surface area contributed by atoms with Crippen molar-refractivity contribution < 1.29 is 14.7 Å². The second-order valence-corrected chi connectivity index (χ2v) is 5.84. The molecule has 8 nitrogen and oxygen atoms in total. The molecule has 0 radical (unpaired) electrons. The largest absolute Gasteiger partial charge is 0.481 e. The zero-order valence-corrected chi connectivity index (χ0v) is 13.2. The van der Waals surface area contributed by atoms with E-state index in [0.29, 0.717) is 44.7 Å². The molecule has 0 aliphatic carbocycles. The molecule has 1 N–H and O–H groups in total. The van der Waals surface area contributed by atoms with Gasteiger partial charge in [0.05, 0.1) is 12.5 Å². The predicted molar refractivity (Wildman–Crippen MR) is 84.8 cm³/mol. The molecular formula is C16H19N5O3. The number of aromatic nitrogens is 4. The molecule has 1 saturated heterocycles. The van der Waals surface area contributed by atoms with E-state index in [1.165, 1.54) is 4.80 Å². The number of carboxylic acid groups (broad SMARTS) is 1. The number of carboxylic acids is 1. The first-order chi connectivity index (χ1) is 11.6. The molecule has 24 heavy (non-hydrogen) atoms. The van der Waals surface area contributed by atoms with E-state index in [2.05, 4.69) is 15.4 Å². The van der Waals surface area contributed by atoms with Crippen molar-refractivity contribution in [3.05, 3.63) is 30.3 Å². The zero-order valence-electron chi connectivity index (χ0n) is 13.2. The number of tetrazole rings is 1. The zero-order chi connectivity index (χ0) is 16.9. The van der Waals surface area contributed by atoms with Crippen LogP contribution in [-0.2, 0) is 16.1 Å². The maximum atomic E-state index is 12.1. The second kappa shape index (κ2) is 7.20. The number of hydrogen-bond donors (Lipinski definition) is 1. The fraction of sp³-hybridized carbons (Fsp3) is 0.438. The van der Waals surface area contributed by atoms with Crippen molar-refractivity contribution >= 4 is 11.9 Å². The van der Waals surface area contributed by atoms with Gasteiger partial charge in [-0.15, -0.1) is 10.2 Å². The van der Waals surface area contributed by atoms with Crippen LogP contribution in [-0.4, -0.2) is 55.2 Å². The molecule has 0 saturated carbocycles.